The van der Waals surface area contributed by atoms with Gasteiger partial charge < -0.3 is 10.1 Å². The summed E-state index contributed by atoms with van der Waals surface area (Å²) >= 11 is 12.1. The number of hydrogen-bond acceptors (Lipinski definition) is 4. The second-order valence-corrected chi connectivity index (χ2v) is 10.5. The molecule has 1 heterocycles. The van der Waals surface area contributed by atoms with Crippen molar-refractivity contribution in [3.63, 3.8) is 0 Å². The minimum Gasteiger partial charge on any atom is -0.487 e. The Labute approximate surface area is 193 Å². The molecule has 0 saturated heterocycles. The number of carbonyl (C=O) groups is 1. The van der Waals surface area contributed by atoms with Crippen LogP contribution in [0.3, 0.4) is 0 Å². The number of rotatable bonds is 7. The van der Waals surface area contributed by atoms with Crippen molar-refractivity contribution in [3.05, 3.63) is 58.1 Å². The van der Waals surface area contributed by atoms with E-state index in [2.05, 4.69) is 19.2 Å². The molecule has 0 unspecified atom stereocenters. The van der Waals surface area contributed by atoms with Gasteiger partial charge in [0.15, 0.2) is 0 Å². The van der Waals surface area contributed by atoms with Crippen molar-refractivity contribution in [3.8, 4) is 5.75 Å². The van der Waals surface area contributed by atoms with Gasteiger partial charge >= 0.3 is 0 Å². The van der Waals surface area contributed by atoms with Crippen LogP contribution in [0.2, 0.25) is 10.0 Å². The molecule has 1 aliphatic heterocycles. The molecule has 1 atom stereocenters. The van der Waals surface area contributed by atoms with E-state index in [-0.39, 0.29) is 33.9 Å². The summed E-state index contributed by atoms with van der Waals surface area (Å²) in [5.41, 5.74) is 0.729. The molecule has 6 nitrogen and oxygen atoms in total. The highest BCUT2D eigenvalue weighted by Crippen LogP contribution is 2.42. The second kappa shape index (κ2) is 9.27. The number of benzene rings is 2. The van der Waals surface area contributed by atoms with Gasteiger partial charge in [-0.05, 0) is 37.1 Å². The summed E-state index contributed by atoms with van der Waals surface area (Å²) in [7, 11) is -3.75. The van der Waals surface area contributed by atoms with Crippen molar-refractivity contribution < 1.29 is 17.9 Å². The molecule has 2 aromatic rings. The fourth-order valence-corrected chi connectivity index (χ4v) is 5.24. The highest BCUT2D eigenvalue weighted by Gasteiger charge is 2.39. The Kier molecular flexibility index (Phi) is 7.08. The standard InChI is InChI=1S/C22H26Cl2N2O4S/c1-4-22(5-2)13-19(18-8-6-7-9-20(18)30-22)25-21(27)14-26(31(3,28)29)17-11-15(23)10-16(24)12-17/h6-12,19H,4-5,13-14H2,1-3H3,(H,25,27)/t19-/m1/s1. The molecule has 168 valence electrons. The predicted molar refractivity (Wildman–Crippen MR) is 125 cm³/mol. The van der Waals surface area contributed by atoms with Crippen molar-refractivity contribution in [2.75, 3.05) is 17.1 Å². The van der Waals surface area contributed by atoms with E-state index in [1.165, 1.54) is 18.2 Å². The summed E-state index contributed by atoms with van der Waals surface area (Å²) < 4.78 is 32.1. The number of halogens is 2. The molecule has 9 heteroatoms. The van der Waals surface area contributed by atoms with E-state index >= 15 is 0 Å². The van der Waals surface area contributed by atoms with Gasteiger partial charge in [-0.2, -0.15) is 0 Å². The molecule has 0 bridgehead atoms. The number of ether oxygens (including phenoxy) is 1. The van der Waals surface area contributed by atoms with Gasteiger partial charge in [-0.1, -0.05) is 55.2 Å². The predicted octanol–water partition coefficient (Wildman–Crippen LogP) is 4.96. The van der Waals surface area contributed by atoms with E-state index < -0.39 is 15.9 Å². The largest absolute Gasteiger partial charge is 0.487 e. The first-order valence-electron chi connectivity index (χ1n) is 10.1. The third kappa shape index (κ3) is 5.45. The van der Waals surface area contributed by atoms with Gasteiger partial charge in [0.25, 0.3) is 0 Å². The molecular weight excluding hydrogens is 459 g/mol. The molecule has 1 amide bonds. The molecule has 2 aromatic carbocycles. The highest BCUT2D eigenvalue weighted by molar-refractivity contribution is 7.92. The third-order valence-corrected chi connectivity index (χ3v) is 7.22. The van der Waals surface area contributed by atoms with Crippen LogP contribution in [0, 0.1) is 0 Å². The van der Waals surface area contributed by atoms with E-state index in [4.69, 9.17) is 27.9 Å². The van der Waals surface area contributed by atoms with Crippen LogP contribution in [0.1, 0.15) is 44.7 Å². The molecular formula is C22H26Cl2N2O4S. The van der Waals surface area contributed by atoms with Gasteiger partial charge in [0.1, 0.15) is 17.9 Å². The van der Waals surface area contributed by atoms with Gasteiger partial charge in [-0.3, -0.25) is 9.10 Å². The lowest BCUT2D eigenvalue weighted by atomic mass is 9.83. The van der Waals surface area contributed by atoms with Gasteiger partial charge in [-0.15, -0.1) is 0 Å². The SMILES string of the molecule is CCC1(CC)C[C@@H](NC(=O)CN(c2cc(Cl)cc(Cl)c2)S(C)(=O)=O)c2ccccc2O1. The first kappa shape index (κ1) is 23.7. The lowest BCUT2D eigenvalue weighted by molar-refractivity contribution is -0.121. The Balaban J connectivity index is 1.87. The molecule has 0 spiro atoms. The molecule has 0 aromatic heterocycles. The van der Waals surface area contributed by atoms with E-state index in [1.54, 1.807) is 0 Å². The fourth-order valence-electron chi connectivity index (χ4n) is 3.88. The number of nitrogens with zero attached hydrogens (tertiary/aromatic N) is 1. The lowest BCUT2D eigenvalue weighted by Gasteiger charge is -2.41. The van der Waals surface area contributed by atoms with E-state index in [0.29, 0.717) is 6.42 Å². The summed E-state index contributed by atoms with van der Waals surface area (Å²) in [6.07, 6.45) is 3.23. The molecule has 0 fully saturated rings. The number of carbonyl (C=O) groups excluding carboxylic acids is 1. The molecule has 0 saturated carbocycles. The van der Waals surface area contributed by atoms with E-state index in [1.807, 2.05) is 24.3 Å². The number of sulfonamides is 1. The van der Waals surface area contributed by atoms with Crippen molar-refractivity contribution in [2.45, 2.75) is 44.8 Å². The average Bonchev–Trinajstić information content (AvgIpc) is 2.70. The highest BCUT2D eigenvalue weighted by atomic mass is 35.5. The van der Waals surface area contributed by atoms with Gasteiger partial charge in [0.2, 0.25) is 15.9 Å². The topological polar surface area (TPSA) is 75.7 Å². The van der Waals surface area contributed by atoms with Gasteiger partial charge in [0.05, 0.1) is 18.0 Å². The first-order chi connectivity index (χ1) is 14.6. The van der Waals surface area contributed by atoms with E-state index in [0.717, 1.165) is 34.7 Å². The number of anilines is 1. The summed E-state index contributed by atoms with van der Waals surface area (Å²) in [6, 6.07) is 11.7. The van der Waals surface area contributed by atoms with Crippen molar-refractivity contribution in [2.24, 2.45) is 0 Å². The van der Waals surface area contributed by atoms with Crippen molar-refractivity contribution >= 4 is 44.8 Å². The molecule has 1 N–H and O–H groups in total. The fraction of sp³-hybridized carbons (Fsp3) is 0.409. The normalized spacial score (nSPS) is 17.4. The van der Waals surface area contributed by atoms with Crippen molar-refractivity contribution in [1.82, 2.24) is 5.32 Å². The van der Waals surface area contributed by atoms with Crippen LogP contribution in [0.15, 0.2) is 42.5 Å². The Hall–Kier alpha value is -1.96. The molecule has 0 aliphatic carbocycles. The third-order valence-electron chi connectivity index (χ3n) is 5.64. The Morgan fingerprint density at radius 3 is 2.35 bits per heavy atom. The summed E-state index contributed by atoms with van der Waals surface area (Å²) in [6.45, 7) is 3.73. The molecule has 31 heavy (non-hydrogen) atoms. The van der Waals surface area contributed by atoms with Gasteiger partial charge in [0, 0.05) is 22.0 Å². The maximum absolute atomic E-state index is 13.0. The minimum absolute atomic E-state index is 0.235. The zero-order valence-corrected chi connectivity index (χ0v) is 20.0. The van der Waals surface area contributed by atoms with Crippen LogP contribution in [0.25, 0.3) is 0 Å². The van der Waals surface area contributed by atoms with Crippen LogP contribution in [0.5, 0.6) is 5.75 Å². The summed E-state index contributed by atoms with van der Waals surface area (Å²) in [4.78, 5) is 13.0. The summed E-state index contributed by atoms with van der Waals surface area (Å²) in [5, 5.41) is 3.57. The zero-order valence-electron chi connectivity index (χ0n) is 17.7. The smallest absolute Gasteiger partial charge is 0.241 e. The van der Waals surface area contributed by atoms with Gasteiger partial charge in [-0.25, -0.2) is 8.42 Å². The monoisotopic (exact) mass is 484 g/mol. The zero-order chi connectivity index (χ0) is 22.8. The number of fused-ring (bicyclic) bond motifs is 1. The Morgan fingerprint density at radius 1 is 1.16 bits per heavy atom. The molecule has 1 aliphatic rings. The number of hydrogen-bond donors (Lipinski definition) is 1. The number of para-hydroxylation sites is 1. The summed E-state index contributed by atoms with van der Waals surface area (Å²) in [5.74, 6) is 0.314. The number of nitrogens with one attached hydrogen (secondary N) is 1. The van der Waals surface area contributed by atoms with Crippen molar-refractivity contribution in [1.29, 1.82) is 0 Å². The van der Waals surface area contributed by atoms with Crippen LogP contribution in [-0.2, 0) is 14.8 Å². The molecule has 0 radical (unpaired) electrons. The quantitative estimate of drug-likeness (QED) is 0.602. The first-order valence-corrected chi connectivity index (χ1v) is 12.7. The second-order valence-electron chi connectivity index (χ2n) is 7.75. The number of amides is 1. The van der Waals surface area contributed by atoms with E-state index in [9.17, 15) is 13.2 Å². The lowest BCUT2D eigenvalue weighted by Crippen LogP contribution is -2.47. The van der Waals surface area contributed by atoms with Crippen LogP contribution in [0.4, 0.5) is 5.69 Å². The molecule has 3 rings (SSSR count). The van der Waals surface area contributed by atoms with Crippen LogP contribution < -0.4 is 14.4 Å². The van der Waals surface area contributed by atoms with Crippen LogP contribution >= 0.6 is 23.2 Å². The average molecular weight is 485 g/mol. The minimum atomic E-state index is -3.75. The maximum Gasteiger partial charge on any atom is 0.241 e. The Morgan fingerprint density at radius 2 is 1.77 bits per heavy atom. The Bertz CT molecular complexity index is 1050. The van der Waals surface area contributed by atoms with Crippen LogP contribution in [-0.4, -0.2) is 32.7 Å². The maximum atomic E-state index is 13.0.